The van der Waals surface area contributed by atoms with Gasteiger partial charge in [0.15, 0.2) is 0 Å². The molecule has 2 amide bonds. The first kappa shape index (κ1) is 24.5. The maximum Gasteiger partial charge on any atom is 0.254 e. The van der Waals surface area contributed by atoms with Crippen molar-refractivity contribution < 1.29 is 19.1 Å². The average molecular weight is 467 g/mol. The second-order valence-electron chi connectivity index (χ2n) is 7.71. The fourth-order valence-electron chi connectivity index (χ4n) is 3.43. The number of thiophene rings is 1. The van der Waals surface area contributed by atoms with Gasteiger partial charge >= 0.3 is 0 Å². The van der Waals surface area contributed by atoms with Crippen LogP contribution in [-0.2, 0) is 22.6 Å². The van der Waals surface area contributed by atoms with Crippen LogP contribution in [-0.4, -0.2) is 55.5 Å². The summed E-state index contributed by atoms with van der Waals surface area (Å²) in [7, 11) is 3.14. The highest BCUT2D eigenvalue weighted by Gasteiger charge is 2.23. The van der Waals surface area contributed by atoms with Crippen LogP contribution in [0.25, 0.3) is 0 Å². The molecule has 0 aliphatic carbocycles. The van der Waals surface area contributed by atoms with E-state index in [-0.39, 0.29) is 18.4 Å². The molecule has 174 valence electrons. The van der Waals surface area contributed by atoms with Crippen LogP contribution in [0.15, 0.2) is 66.0 Å². The van der Waals surface area contributed by atoms with Gasteiger partial charge in [-0.05, 0) is 47.7 Å². The van der Waals surface area contributed by atoms with Crippen molar-refractivity contribution in [1.82, 2.24) is 9.80 Å². The predicted molar refractivity (Wildman–Crippen MR) is 131 cm³/mol. The first-order valence-corrected chi connectivity index (χ1v) is 11.7. The van der Waals surface area contributed by atoms with Gasteiger partial charge in [-0.25, -0.2) is 0 Å². The number of ether oxygens (including phenoxy) is 2. The molecule has 1 aromatic heterocycles. The van der Waals surface area contributed by atoms with E-state index in [0.29, 0.717) is 37.6 Å². The molecule has 33 heavy (non-hydrogen) atoms. The van der Waals surface area contributed by atoms with Gasteiger partial charge in [0.05, 0.1) is 20.3 Å². The summed E-state index contributed by atoms with van der Waals surface area (Å²) in [5.74, 6) is 0.253. The summed E-state index contributed by atoms with van der Waals surface area (Å²) in [6.07, 6.45) is 0. The summed E-state index contributed by atoms with van der Waals surface area (Å²) in [5.41, 5.74) is 2.68. The molecule has 3 rings (SSSR count). The van der Waals surface area contributed by atoms with Crippen LogP contribution in [0.2, 0.25) is 0 Å². The van der Waals surface area contributed by atoms with Crippen molar-refractivity contribution in [1.29, 1.82) is 0 Å². The number of amides is 2. The van der Waals surface area contributed by atoms with E-state index in [1.807, 2.05) is 47.5 Å². The van der Waals surface area contributed by atoms with E-state index < -0.39 is 0 Å². The molecule has 0 N–H and O–H groups in total. The molecule has 0 fully saturated rings. The Hall–Kier alpha value is -3.16. The zero-order valence-corrected chi connectivity index (χ0v) is 20.1. The quantitative estimate of drug-likeness (QED) is 0.421. The molecule has 2 aromatic carbocycles. The minimum atomic E-state index is -0.230. The van der Waals surface area contributed by atoms with Crippen LogP contribution in [0.3, 0.4) is 0 Å². The van der Waals surface area contributed by atoms with Gasteiger partial charge in [0, 0.05) is 30.6 Å². The lowest BCUT2D eigenvalue weighted by Crippen LogP contribution is -2.43. The van der Waals surface area contributed by atoms with Crippen molar-refractivity contribution in [2.24, 2.45) is 0 Å². The molecule has 0 radical (unpaired) electrons. The normalized spacial score (nSPS) is 10.6. The number of methoxy groups -OCH3 is 2. The lowest BCUT2D eigenvalue weighted by atomic mass is 10.1. The summed E-state index contributed by atoms with van der Waals surface area (Å²) >= 11 is 1.64. The molecule has 0 aliphatic rings. The number of aryl methyl sites for hydroxylation is 1. The van der Waals surface area contributed by atoms with E-state index in [9.17, 15) is 9.59 Å². The number of carbonyl (C=O) groups is 2. The largest absolute Gasteiger partial charge is 0.497 e. The molecule has 7 heteroatoms. The SMILES string of the molecule is COCCN(CC(=O)N(Cc1ccccc1)Cc1sccc1C)C(=O)c1cccc(OC)c1. The van der Waals surface area contributed by atoms with Crippen LogP contribution in [0.1, 0.15) is 26.4 Å². The van der Waals surface area contributed by atoms with Gasteiger partial charge in [0.2, 0.25) is 5.91 Å². The Labute approximate surface area is 199 Å². The highest BCUT2D eigenvalue weighted by Crippen LogP contribution is 2.20. The summed E-state index contributed by atoms with van der Waals surface area (Å²) in [6, 6.07) is 18.9. The molecule has 0 spiro atoms. The molecule has 0 aliphatic heterocycles. The molecular weight excluding hydrogens is 436 g/mol. The van der Waals surface area contributed by atoms with E-state index in [2.05, 4.69) is 6.07 Å². The van der Waals surface area contributed by atoms with Crippen molar-refractivity contribution >= 4 is 23.2 Å². The first-order chi connectivity index (χ1) is 16.0. The summed E-state index contributed by atoms with van der Waals surface area (Å²) in [6.45, 7) is 3.65. The van der Waals surface area contributed by atoms with Crippen molar-refractivity contribution in [3.8, 4) is 5.75 Å². The zero-order chi connectivity index (χ0) is 23.6. The Kier molecular flexibility index (Phi) is 9.04. The third-order valence-corrected chi connectivity index (χ3v) is 6.37. The number of nitrogens with zero attached hydrogens (tertiary/aromatic N) is 2. The average Bonchev–Trinajstić information content (AvgIpc) is 3.25. The van der Waals surface area contributed by atoms with Crippen LogP contribution >= 0.6 is 11.3 Å². The Morgan fingerprint density at radius 3 is 2.39 bits per heavy atom. The molecule has 0 atom stereocenters. The topological polar surface area (TPSA) is 59.1 Å². The van der Waals surface area contributed by atoms with E-state index in [4.69, 9.17) is 9.47 Å². The number of benzene rings is 2. The summed E-state index contributed by atoms with van der Waals surface area (Å²) in [5, 5.41) is 2.03. The van der Waals surface area contributed by atoms with Crippen LogP contribution in [0.5, 0.6) is 5.75 Å². The maximum atomic E-state index is 13.5. The maximum absolute atomic E-state index is 13.5. The van der Waals surface area contributed by atoms with Gasteiger partial charge < -0.3 is 19.3 Å². The van der Waals surface area contributed by atoms with Crippen LogP contribution < -0.4 is 4.74 Å². The summed E-state index contributed by atoms with van der Waals surface area (Å²) < 4.78 is 10.5. The minimum absolute atomic E-state index is 0.0311. The number of rotatable bonds is 11. The predicted octanol–water partition coefficient (Wildman–Crippen LogP) is 4.38. The Balaban J connectivity index is 1.81. The van der Waals surface area contributed by atoms with Gasteiger partial charge in [-0.15, -0.1) is 11.3 Å². The first-order valence-electron chi connectivity index (χ1n) is 10.8. The molecule has 0 saturated carbocycles. The molecule has 6 nitrogen and oxygen atoms in total. The molecule has 0 saturated heterocycles. The Morgan fingerprint density at radius 1 is 0.939 bits per heavy atom. The fourth-order valence-corrected chi connectivity index (χ4v) is 4.35. The molecule has 0 bridgehead atoms. The third-order valence-electron chi connectivity index (χ3n) is 5.37. The van der Waals surface area contributed by atoms with Gasteiger partial charge in [0.1, 0.15) is 12.3 Å². The number of carbonyl (C=O) groups excluding carboxylic acids is 2. The van der Waals surface area contributed by atoms with Gasteiger partial charge in [-0.2, -0.15) is 0 Å². The second-order valence-corrected chi connectivity index (χ2v) is 8.71. The standard InChI is InChI=1S/C26H30N2O4S/c1-20-12-15-33-24(20)18-28(17-21-8-5-4-6-9-21)25(29)19-27(13-14-31-2)26(30)22-10-7-11-23(16-22)32-3/h4-12,15-16H,13-14,17-19H2,1-3H3. The van der Waals surface area contributed by atoms with Crippen LogP contribution in [0.4, 0.5) is 0 Å². The molecule has 1 heterocycles. The van der Waals surface area contributed by atoms with Crippen molar-refractivity contribution in [2.45, 2.75) is 20.0 Å². The highest BCUT2D eigenvalue weighted by molar-refractivity contribution is 7.10. The number of hydrogen-bond donors (Lipinski definition) is 0. The van der Waals surface area contributed by atoms with Gasteiger partial charge in [0.25, 0.3) is 5.91 Å². The molecule has 3 aromatic rings. The van der Waals surface area contributed by atoms with E-state index in [1.54, 1.807) is 54.7 Å². The lowest BCUT2D eigenvalue weighted by molar-refractivity contribution is -0.133. The van der Waals surface area contributed by atoms with Crippen molar-refractivity contribution in [3.63, 3.8) is 0 Å². The highest BCUT2D eigenvalue weighted by atomic mass is 32.1. The Bertz CT molecular complexity index is 1050. The van der Waals surface area contributed by atoms with Gasteiger partial charge in [-0.3, -0.25) is 9.59 Å². The smallest absolute Gasteiger partial charge is 0.254 e. The van der Waals surface area contributed by atoms with Gasteiger partial charge in [-0.1, -0.05) is 36.4 Å². The van der Waals surface area contributed by atoms with E-state index in [1.165, 1.54) is 0 Å². The lowest BCUT2D eigenvalue weighted by Gasteiger charge is -2.28. The zero-order valence-electron chi connectivity index (χ0n) is 19.3. The fraction of sp³-hybridized carbons (Fsp3) is 0.308. The van der Waals surface area contributed by atoms with E-state index in [0.717, 1.165) is 16.0 Å². The molecular formula is C26H30N2O4S. The second kappa shape index (κ2) is 12.2. The van der Waals surface area contributed by atoms with E-state index >= 15 is 0 Å². The monoisotopic (exact) mass is 466 g/mol. The molecule has 0 unspecified atom stereocenters. The number of hydrogen-bond acceptors (Lipinski definition) is 5. The Morgan fingerprint density at radius 2 is 1.73 bits per heavy atom. The third kappa shape index (κ3) is 6.91. The van der Waals surface area contributed by atoms with Crippen molar-refractivity contribution in [3.05, 3.63) is 87.6 Å². The summed E-state index contributed by atoms with van der Waals surface area (Å²) in [4.78, 5) is 31.2. The van der Waals surface area contributed by atoms with Crippen LogP contribution in [0, 0.1) is 6.92 Å². The minimum Gasteiger partial charge on any atom is -0.497 e. The van der Waals surface area contributed by atoms with Crippen molar-refractivity contribution in [2.75, 3.05) is 33.9 Å².